The normalized spacial score (nSPS) is 22.6. The first-order valence-electron chi connectivity index (χ1n) is 7.39. The van der Waals surface area contributed by atoms with Gasteiger partial charge in [0, 0.05) is 21.6 Å². The average molecular weight is 365 g/mol. The van der Waals surface area contributed by atoms with Crippen molar-refractivity contribution in [3.63, 3.8) is 0 Å². The van der Waals surface area contributed by atoms with E-state index in [0.717, 1.165) is 9.50 Å². The monoisotopic (exact) mass is 363 g/mol. The van der Waals surface area contributed by atoms with Crippen LogP contribution in [0.1, 0.15) is 42.9 Å². The molecule has 1 unspecified atom stereocenters. The standard InChI is InChI=1S/C18H19BrClN/c1-12(14-3-2-4-17(20)9-14)21-18-10-15(11-18)13-5-7-16(19)8-6-13/h2-9,12,15,18,21H,10-11H2,1H3. The first-order chi connectivity index (χ1) is 10.1. The number of rotatable bonds is 4. The molecule has 0 amide bonds. The maximum absolute atomic E-state index is 6.06. The van der Waals surface area contributed by atoms with Crippen LogP contribution in [0.25, 0.3) is 0 Å². The van der Waals surface area contributed by atoms with Gasteiger partial charge in [-0.25, -0.2) is 0 Å². The van der Waals surface area contributed by atoms with Crippen LogP contribution >= 0.6 is 27.5 Å². The zero-order valence-corrected chi connectivity index (χ0v) is 14.4. The van der Waals surface area contributed by atoms with E-state index in [9.17, 15) is 0 Å². The second-order valence-corrected chi connectivity index (χ2v) is 7.21. The third kappa shape index (κ3) is 3.68. The van der Waals surface area contributed by atoms with Crippen LogP contribution in [0.4, 0.5) is 0 Å². The van der Waals surface area contributed by atoms with Crippen molar-refractivity contribution in [2.75, 3.05) is 0 Å². The van der Waals surface area contributed by atoms with Crippen molar-refractivity contribution in [2.24, 2.45) is 0 Å². The van der Waals surface area contributed by atoms with Crippen LogP contribution in [0.2, 0.25) is 5.02 Å². The van der Waals surface area contributed by atoms with Gasteiger partial charge in [0.1, 0.15) is 0 Å². The minimum absolute atomic E-state index is 0.347. The van der Waals surface area contributed by atoms with Gasteiger partial charge >= 0.3 is 0 Å². The van der Waals surface area contributed by atoms with E-state index in [4.69, 9.17) is 11.6 Å². The molecule has 1 saturated carbocycles. The van der Waals surface area contributed by atoms with E-state index in [2.05, 4.69) is 58.5 Å². The molecule has 1 N–H and O–H groups in total. The van der Waals surface area contributed by atoms with Crippen molar-refractivity contribution < 1.29 is 0 Å². The fraction of sp³-hybridized carbons (Fsp3) is 0.333. The van der Waals surface area contributed by atoms with Gasteiger partial charge in [-0.3, -0.25) is 0 Å². The maximum atomic E-state index is 6.06. The van der Waals surface area contributed by atoms with Gasteiger partial charge in [0.05, 0.1) is 0 Å². The van der Waals surface area contributed by atoms with Crippen LogP contribution in [0.5, 0.6) is 0 Å². The molecule has 110 valence electrons. The number of hydrogen-bond donors (Lipinski definition) is 1. The minimum atomic E-state index is 0.347. The number of nitrogens with one attached hydrogen (secondary N) is 1. The molecule has 0 spiro atoms. The van der Waals surface area contributed by atoms with Crippen molar-refractivity contribution in [2.45, 2.75) is 37.8 Å². The first-order valence-corrected chi connectivity index (χ1v) is 8.56. The molecule has 21 heavy (non-hydrogen) atoms. The zero-order chi connectivity index (χ0) is 14.8. The third-order valence-electron chi connectivity index (χ3n) is 4.31. The summed E-state index contributed by atoms with van der Waals surface area (Å²) in [6.45, 7) is 2.21. The fourth-order valence-electron chi connectivity index (χ4n) is 2.99. The van der Waals surface area contributed by atoms with Gasteiger partial charge in [0.15, 0.2) is 0 Å². The summed E-state index contributed by atoms with van der Waals surface area (Å²) in [6.07, 6.45) is 2.43. The Balaban J connectivity index is 1.54. The first kappa shape index (κ1) is 15.1. The molecule has 1 aliphatic rings. The van der Waals surface area contributed by atoms with Crippen LogP contribution in [0, 0.1) is 0 Å². The topological polar surface area (TPSA) is 12.0 Å². The van der Waals surface area contributed by atoms with E-state index in [1.807, 2.05) is 18.2 Å². The molecule has 1 atom stereocenters. The van der Waals surface area contributed by atoms with Gasteiger partial charge in [-0.05, 0) is 61.1 Å². The summed E-state index contributed by atoms with van der Waals surface area (Å²) in [5.74, 6) is 0.696. The lowest BCUT2D eigenvalue weighted by molar-refractivity contribution is 0.271. The molecule has 0 aromatic heterocycles. The maximum Gasteiger partial charge on any atom is 0.0409 e. The van der Waals surface area contributed by atoms with E-state index in [1.165, 1.54) is 24.0 Å². The number of benzene rings is 2. The molecule has 3 heteroatoms. The van der Waals surface area contributed by atoms with Crippen molar-refractivity contribution in [3.05, 3.63) is 69.2 Å². The van der Waals surface area contributed by atoms with Crippen LogP contribution in [0.3, 0.4) is 0 Å². The predicted octanol–water partition coefficient (Wildman–Crippen LogP) is 5.70. The molecule has 0 bridgehead atoms. The molecule has 1 nitrogen and oxygen atoms in total. The Morgan fingerprint density at radius 1 is 1.14 bits per heavy atom. The molecule has 3 rings (SSSR count). The van der Waals surface area contributed by atoms with Crippen molar-refractivity contribution in [3.8, 4) is 0 Å². The van der Waals surface area contributed by atoms with E-state index in [1.54, 1.807) is 0 Å². The summed E-state index contributed by atoms with van der Waals surface area (Å²) in [5, 5.41) is 4.51. The lowest BCUT2D eigenvalue weighted by Gasteiger charge is -2.38. The summed E-state index contributed by atoms with van der Waals surface area (Å²) in [6, 6.07) is 17.8. The lowest BCUT2D eigenvalue weighted by atomic mass is 9.75. The van der Waals surface area contributed by atoms with Gasteiger partial charge < -0.3 is 5.32 Å². The molecule has 0 saturated heterocycles. The zero-order valence-electron chi connectivity index (χ0n) is 12.0. The number of halogens is 2. The highest BCUT2D eigenvalue weighted by Crippen LogP contribution is 2.38. The number of hydrogen-bond acceptors (Lipinski definition) is 1. The SMILES string of the molecule is CC(NC1CC(c2ccc(Br)cc2)C1)c1cccc(Cl)c1. The van der Waals surface area contributed by atoms with Crippen LogP contribution < -0.4 is 5.32 Å². The van der Waals surface area contributed by atoms with E-state index >= 15 is 0 Å². The second-order valence-electron chi connectivity index (χ2n) is 5.86. The minimum Gasteiger partial charge on any atom is -0.307 e. The van der Waals surface area contributed by atoms with Gasteiger partial charge in [-0.15, -0.1) is 0 Å². The summed E-state index contributed by atoms with van der Waals surface area (Å²) in [7, 11) is 0. The van der Waals surface area contributed by atoms with E-state index in [-0.39, 0.29) is 0 Å². The fourth-order valence-corrected chi connectivity index (χ4v) is 3.45. The van der Waals surface area contributed by atoms with Gasteiger partial charge in [0.2, 0.25) is 0 Å². The molecule has 2 aromatic rings. The largest absolute Gasteiger partial charge is 0.307 e. The van der Waals surface area contributed by atoms with Crippen molar-refractivity contribution >= 4 is 27.5 Å². The lowest BCUT2D eigenvalue weighted by Crippen LogP contribution is -2.41. The molecule has 0 aliphatic heterocycles. The predicted molar refractivity (Wildman–Crippen MR) is 92.9 cm³/mol. The molecule has 0 heterocycles. The quantitative estimate of drug-likeness (QED) is 0.734. The Morgan fingerprint density at radius 2 is 1.86 bits per heavy atom. The molecular formula is C18H19BrClN. The Labute approximate surface area is 139 Å². The highest BCUT2D eigenvalue weighted by atomic mass is 79.9. The van der Waals surface area contributed by atoms with Gasteiger partial charge in [-0.2, -0.15) is 0 Å². The summed E-state index contributed by atoms with van der Waals surface area (Å²) in [4.78, 5) is 0. The van der Waals surface area contributed by atoms with Crippen LogP contribution in [-0.2, 0) is 0 Å². The molecule has 1 aliphatic carbocycles. The Hall–Kier alpha value is -0.830. The Kier molecular flexibility index (Phi) is 4.68. The highest BCUT2D eigenvalue weighted by molar-refractivity contribution is 9.10. The van der Waals surface area contributed by atoms with E-state index < -0.39 is 0 Å². The molecular weight excluding hydrogens is 346 g/mol. The smallest absolute Gasteiger partial charge is 0.0409 e. The van der Waals surface area contributed by atoms with Crippen LogP contribution in [-0.4, -0.2) is 6.04 Å². The Morgan fingerprint density at radius 3 is 2.52 bits per heavy atom. The summed E-state index contributed by atoms with van der Waals surface area (Å²) >= 11 is 9.55. The molecule has 0 radical (unpaired) electrons. The van der Waals surface area contributed by atoms with Gasteiger partial charge in [-0.1, -0.05) is 51.8 Å². The molecule has 1 fully saturated rings. The third-order valence-corrected chi connectivity index (χ3v) is 5.08. The summed E-state index contributed by atoms with van der Waals surface area (Å²) < 4.78 is 1.15. The Bertz CT molecular complexity index is 605. The molecule has 2 aromatic carbocycles. The highest BCUT2D eigenvalue weighted by Gasteiger charge is 2.31. The summed E-state index contributed by atoms with van der Waals surface area (Å²) in [5.41, 5.74) is 2.71. The van der Waals surface area contributed by atoms with E-state index in [0.29, 0.717) is 18.0 Å². The van der Waals surface area contributed by atoms with Gasteiger partial charge in [0.25, 0.3) is 0 Å². The average Bonchev–Trinajstić information content (AvgIpc) is 2.43. The van der Waals surface area contributed by atoms with Crippen molar-refractivity contribution in [1.29, 1.82) is 0 Å². The second kappa shape index (κ2) is 6.51. The van der Waals surface area contributed by atoms with Crippen molar-refractivity contribution in [1.82, 2.24) is 5.32 Å². The van der Waals surface area contributed by atoms with Crippen LogP contribution in [0.15, 0.2) is 53.0 Å².